The summed E-state index contributed by atoms with van der Waals surface area (Å²) in [6.07, 6.45) is -1.70. The van der Waals surface area contributed by atoms with E-state index in [1.54, 1.807) is 17.0 Å². The van der Waals surface area contributed by atoms with Crippen molar-refractivity contribution in [1.82, 2.24) is 5.32 Å². The molecule has 0 bridgehead atoms. The van der Waals surface area contributed by atoms with Crippen LogP contribution in [-0.2, 0) is 9.53 Å². The van der Waals surface area contributed by atoms with E-state index in [1.165, 1.54) is 0 Å². The molecule has 4 unspecified atom stereocenters. The zero-order valence-corrected chi connectivity index (χ0v) is 32.5. The number of ether oxygens (including phenoxy) is 1. The molecule has 2 aliphatic heterocycles. The molecule has 4 N–H and O–H groups in total. The minimum Gasteiger partial charge on any atom is -0.507 e. The molecule has 9 nitrogen and oxygen atoms in total. The Balaban J connectivity index is 0.999. The average molecular weight is 803 g/mol. The van der Waals surface area contributed by atoms with Crippen molar-refractivity contribution in [2.75, 3.05) is 41.3 Å². The molecule has 3 aliphatic rings. The fourth-order valence-corrected chi connectivity index (χ4v) is 9.83. The predicted molar refractivity (Wildman–Crippen MR) is 225 cm³/mol. The number of benzene rings is 6. The highest BCUT2D eigenvalue weighted by Gasteiger charge is 2.40. The molecule has 9 rings (SSSR count). The van der Waals surface area contributed by atoms with Gasteiger partial charge in [-0.25, -0.2) is 4.79 Å². The molecule has 57 heavy (non-hydrogen) atoms. The zero-order chi connectivity index (χ0) is 39.4. The monoisotopic (exact) mass is 801 g/mol. The second-order valence-corrected chi connectivity index (χ2v) is 15.7. The van der Waals surface area contributed by atoms with Gasteiger partial charge in [0, 0.05) is 71.2 Å². The number of nitrogens with one attached hydrogen (secondary N) is 1. The van der Waals surface area contributed by atoms with E-state index in [4.69, 9.17) is 27.9 Å². The maximum absolute atomic E-state index is 14.7. The summed E-state index contributed by atoms with van der Waals surface area (Å²) in [7, 11) is 0. The van der Waals surface area contributed by atoms with Crippen LogP contribution in [0.25, 0.3) is 32.7 Å². The lowest BCUT2D eigenvalue weighted by atomic mass is 9.95. The number of phenols is 2. The van der Waals surface area contributed by atoms with Gasteiger partial charge in [0.2, 0.25) is 5.91 Å². The smallest absolute Gasteiger partial charge is 0.407 e. The van der Waals surface area contributed by atoms with E-state index in [9.17, 15) is 24.9 Å². The summed E-state index contributed by atoms with van der Waals surface area (Å²) >= 11 is 13.0. The van der Waals surface area contributed by atoms with Crippen LogP contribution in [0, 0.1) is 0 Å². The standard InChI is InChI=1S/C46H41Cl2N3O6/c47-21-26-23-50(38-19-40(52)32-13-5-7-15-34(32)43(26)38)42(54)18-17-37(45(55)51-24-27(22-48)44-35-16-8-6-14-33(35)41(53)20-39(44)51)49-46(56)57-25-36-30-11-3-1-9-28(30)29-10-2-4-12-31(29)36/h1-16,19-20,26-27,36-37,42,52-54H,17-18,21-25H2,(H,49,56). The second kappa shape index (κ2) is 15.1. The van der Waals surface area contributed by atoms with Gasteiger partial charge in [0.25, 0.3) is 0 Å². The number of halogens is 2. The number of alkyl halides is 2. The quantitative estimate of drug-likeness (QED) is 0.102. The van der Waals surface area contributed by atoms with Gasteiger partial charge < -0.3 is 35.2 Å². The largest absolute Gasteiger partial charge is 0.507 e. The number of alkyl carbamates (subject to hydrolysis) is 1. The van der Waals surface area contributed by atoms with Gasteiger partial charge in [0.1, 0.15) is 30.4 Å². The van der Waals surface area contributed by atoms with Crippen LogP contribution in [0.2, 0.25) is 0 Å². The van der Waals surface area contributed by atoms with Crippen LogP contribution in [0.5, 0.6) is 11.5 Å². The molecule has 6 aromatic rings. The first-order valence-electron chi connectivity index (χ1n) is 19.3. The fraction of sp³-hybridized carbons (Fsp3) is 0.261. The summed E-state index contributed by atoms with van der Waals surface area (Å²) in [5.74, 6) is -0.224. The Labute approximate surface area is 340 Å². The van der Waals surface area contributed by atoms with Crippen molar-refractivity contribution >= 4 is 68.1 Å². The molecule has 0 spiro atoms. The van der Waals surface area contributed by atoms with E-state index in [0.29, 0.717) is 34.6 Å². The lowest BCUT2D eigenvalue weighted by Gasteiger charge is -2.29. The van der Waals surface area contributed by atoms with E-state index in [1.807, 2.05) is 89.8 Å². The Kier molecular flexibility index (Phi) is 9.85. The van der Waals surface area contributed by atoms with Crippen LogP contribution in [-0.4, -0.2) is 71.0 Å². The number of fused-ring (bicyclic) bond motifs is 9. The van der Waals surface area contributed by atoms with Gasteiger partial charge in [-0.2, -0.15) is 0 Å². The number of anilines is 2. The lowest BCUT2D eigenvalue weighted by molar-refractivity contribution is -0.120. The van der Waals surface area contributed by atoms with Gasteiger partial charge in [0.15, 0.2) is 0 Å². The summed E-state index contributed by atoms with van der Waals surface area (Å²) in [5.41, 5.74) is 7.35. The van der Waals surface area contributed by atoms with Crippen LogP contribution < -0.4 is 15.1 Å². The molecular formula is C46H41Cl2N3O6. The molecule has 0 saturated heterocycles. The Morgan fingerprint density at radius 1 is 0.702 bits per heavy atom. The van der Waals surface area contributed by atoms with E-state index in [-0.39, 0.29) is 61.1 Å². The van der Waals surface area contributed by atoms with Crippen molar-refractivity contribution in [2.45, 2.75) is 42.9 Å². The predicted octanol–water partition coefficient (Wildman–Crippen LogP) is 8.92. The SMILES string of the molecule is O=C(NC(CCC(O)N1CC(CCl)c2c1cc(O)c1ccccc21)C(=O)N1CC(CCl)c2c1cc(O)c1ccccc21)OCC1c2ccccc2-c2ccccc21. The highest BCUT2D eigenvalue weighted by molar-refractivity contribution is 6.19. The van der Waals surface area contributed by atoms with Crippen molar-refractivity contribution in [1.29, 1.82) is 0 Å². The number of aliphatic hydroxyl groups is 1. The first-order valence-corrected chi connectivity index (χ1v) is 20.3. The number of amides is 2. The van der Waals surface area contributed by atoms with Gasteiger partial charge in [0.05, 0.1) is 5.69 Å². The van der Waals surface area contributed by atoms with Crippen LogP contribution in [0.3, 0.4) is 0 Å². The van der Waals surface area contributed by atoms with E-state index in [0.717, 1.165) is 44.2 Å². The molecule has 0 radical (unpaired) electrons. The minimum absolute atomic E-state index is 0.0335. The third-order valence-electron chi connectivity index (χ3n) is 12.0. The maximum Gasteiger partial charge on any atom is 0.407 e. The number of rotatable bonds is 10. The summed E-state index contributed by atoms with van der Waals surface area (Å²) in [5, 5.41) is 39.8. The minimum atomic E-state index is -1.11. The topological polar surface area (TPSA) is 123 Å². The Bertz CT molecular complexity index is 2500. The number of nitrogens with zero attached hydrogens (tertiary/aromatic N) is 2. The summed E-state index contributed by atoms with van der Waals surface area (Å²) in [6, 6.07) is 33.3. The van der Waals surface area contributed by atoms with Crippen molar-refractivity contribution < 1.29 is 29.6 Å². The van der Waals surface area contributed by atoms with Gasteiger partial charge in [-0.15, -0.1) is 23.2 Å². The molecule has 4 atom stereocenters. The van der Waals surface area contributed by atoms with E-state index >= 15 is 0 Å². The Hall–Kier alpha value is -5.48. The highest BCUT2D eigenvalue weighted by Crippen LogP contribution is 2.48. The van der Waals surface area contributed by atoms with Crippen LogP contribution in [0.1, 0.15) is 52.8 Å². The number of hydrogen-bond donors (Lipinski definition) is 4. The van der Waals surface area contributed by atoms with Crippen molar-refractivity contribution in [3.05, 3.63) is 131 Å². The molecule has 0 aromatic heterocycles. The normalized spacial score (nSPS) is 17.9. The maximum atomic E-state index is 14.7. The molecular weight excluding hydrogens is 761 g/mol. The third-order valence-corrected chi connectivity index (χ3v) is 12.7. The Morgan fingerprint density at radius 2 is 1.21 bits per heavy atom. The fourth-order valence-electron chi connectivity index (χ4n) is 9.33. The van der Waals surface area contributed by atoms with Crippen LogP contribution in [0.4, 0.5) is 16.2 Å². The summed E-state index contributed by atoms with van der Waals surface area (Å²) < 4.78 is 5.91. The molecule has 11 heteroatoms. The van der Waals surface area contributed by atoms with Gasteiger partial charge in [-0.1, -0.05) is 97.1 Å². The Morgan fingerprint density at radius 3 is 1.81 bits per heavy atom. The summed E-state index contributed by atoms with van der Waals surface area (Å²) in [4.78, 5) is 31.9. The number of carbonyl (C=O) groups is 2. The van der Waals surface area contributed by atoms with Crippen LogP contribution >= 0.6 is 23.2 Å². The van der Waals surface area contributed by atoms with Crippen LogP contribution in [0.15, 0.2) is 109 Å². The molecule has 1 aliphatic carbocycles. The first-order chi connectivity index (χ1) is 27.8. The molecule has 290 valence electrons. The number of aliphatic hydroxyl groups excluding tert-OH is 1. The molecule has 2 heterocycles. The van der Waals surface area contributed by atoms with Crippen molar-refractivity contribution in [3.8, 4) is 22.6 Å². The molecule has 6 aromatic carbocycles. The van der Waals surface area contributed by atoms with Crippen molar-refractivity contribution in [2.24, 2.45) is 0 Å². The second-order valence-electron chi connectivity index (χ2n) is 15.1. The number of aromatic hydroxyl groups is 2. The zero-order valence-electron chi connectivity index (χ0n) is 30.9. The van der Waals surface area contributed by atoms with Crippen molar-refractivity contribution in [3.63, 3.8) is 0 Å². The first kappa shape index (κ1) is 37.1. The van der Waals surface area contributed by atoms with Gasteiger partial charge in [-0.3, -0.25) is 4.79 Å². The average Bonchev–Trinajstić information content (AvgIpc) is 3.91. The highest BCUT2D eigenvalue weighted by atomic mass is 35.5. The number of phenolic OH excluding ortho intramolecular Hbond substituents is 2. The molecule has 2 amide bonds. The third kappa shape index (κ3) is 6.38. The lowest BCUT2D eigenvalue weighted by Crippen LogP contribution is -2.49. The molecule has 0 saturated carbocycles. The molecule has 0 fully saturated rings. The van der Waals surface area contributed by atoms with E-state index < -0.39 is 24.3 Å². The van der Waals surface area contributed by atoms with E-state index in [2.05, 4.69) is 17.4 Å². The summed E-state index contributed by atoms with van der Waals surface area (Å²) in [6.45, 7) is 0.723. The van der Waals surface area contributed by atoms with Gasteiger partial charge in [-0.05, 0) is 57.0 Å². The van der Waals surface area contributed by atoms with Gasteiger partial charge >= 0.3 is 6.09 Å². The number of carbonyl (C=O) groups excluding carboxylic acids is 2. The number of hydrogen-bond acceptors (Lipinski definition) is 7.